The van der Waals surface area contributed by atoms with Crippen LogP contribution in [-0.2, 0) is 14.8 Å². The number of rotatable bonds is 5. The third-order valence-electron chi connectivity index (χ3n) is 4.16. The van der Waals surface area contributed by atoms with Crippen molar-refractivity contribution in [1.82, 2.24) is 9.21 Å². The molecule has 134 valence electrons. The number of carbonyl (C=O) groups excluding carboxylic acids is 1. The Labute approximate surface area is 144 Å². The van der Waals surface area contributed by atoms with Gasteiger partial charge in [0.05, 0.1) is 17.1 Å². The highest BCUT2D eigenvalue weighted by Crippen LogP contribution is 2.22. The molecular weight excluding hydrogens is 328 g/mol. The molecule has 0 aromatic heterocycles. The van der Waals surface area contributed by atoms with Crippen molar-refractivity contribution in [3.05, 3.63) is 29.8 Å². The molecule has 1 amide bonds. The molecule has 1 aliphatic rings. The van der Waals surface area contributed by atoms with E-state index in [0.717, 1.165) is 0 Å². The van der Waals surface area contributed by atoms with E-state index in [1.807, 2.05) is 27.7 Å². The zero-order valence-electron chi connectivity index (χ0n) is 14.7. The minimum absolute atomic E-state index is 0.149. The lowest BCUT2D eigenvalue weighted by Gasteiger charge is -2.34. The molecule has 6 nitrogen and oxygen atoms in total. The monoisotopic (exact) mass is 354 g/mol. The maximum atomic E-state index is 12.9. The highest BCUT2D eigenvalue weighted by atomic mass is 32.2. The van der Waals surface area contributed by atoms with E-state index in [2.05, 4.69) is 0 Å². The number of nitrogens with zero attached hydrogens (tertiary/aromatic N) is 2. The van der Waals surface area contributed by atoms with Gasteiger partial charge in [0.25, 0.3) is 5.91 Å². The molecule has 0 spiro atoms. The van der Waals surface area contributed by atoms with E-state index < -0.39 is 10.0 Å². The Bertz CT molecular complexity index is 676. The van der Waals surface area contributed by atoms with Gasteiger partial charge < -0.3 is 9.64 Å². The van der Waals surface area contributed by atoms with Gasteiger partial charge in [0.2, 0.25) is 10.0 Å². The molecule has 0 bridgehead atoms. The van der Waals surface area contributed by atoms with E-state index in [9.17, 15) is 13.2 Å². The van der Waals surface area contributed by atoms with Gasteiger partial charge in [0, 0.05) is 31.7 Å². The normalized spacial score (nSPS) is 22.3. The van der Waals surface area contributed by atoms with Crippen molar-refractivity contribution >= 4 is 15.9 Å². The fourth-order valence-electron chi connectivity index (χ4n) is 2.96. The van der Waals surface area contributed by atoms with Gasteiger partial charge in [-0.25, -0.2) is 8.42 Å². The van der Waals surface area contributed by atoms with Crippen molar-refractivity contribution in [2.24, 2.45) is 0 Å². The van der Waals surface area contributed by atoms with Crippen LogP contribution in [0.15, 0.2) is 29.2 Å². The lowest BCUT2D eigenvalue weighted by atomic mass is 10.2. The lowest BCUT2D eigenvalue weighted by Crippen LogP contribution is -2.48. The number of morpholine rings is 1. The van der Waals surface area contributed by atoms with Crippen molar-refractivity contribution < 1.29 is 17.9 Å². The van der Waals surface area contributed by atoms with Gasteiger partial charge >= 0.3 is 0 Å². The molecule has 0 N–H and O–H groups in total. The molecule has 0 aliphatic carbocycles. The van der Waals surface area contributed by atoms with Crippen LogP contribution in [0, 0.1) is 0 Å². The summed E-state index contributed by atoms with van der Waals surface area (Å²) in [5.41, 5.74) is 0.397. The fraction of sp³-hybridized carbons (Fsp3) is 0.588. The number of sulfonamides is 1. The lowest BCUT2D eigenvalue weighted by molar-refractivity contribution is -0.0440. The fourth-order valence-corrected chi connectivity index (χ4v) is 4.60. The van der Waals surface area contributed by atoms with Gasteiger partial charge in [-0.3, -0.25) is 4.79 Å². The third-order valence-corrected chi connectivity index (χ3v) is 5.98. The summed E-state index contributed by atoms with van der Waals surface area (Å²) in [6.45, 7) is 9.34. The van der Waals surface area contributed by atoms with Crippen LogP contribution in [0.4, 0.5) is 0 Å². The number of hydrogen-bond acceptors (Lipinski definition) is 4. The van der Waals surface area contributed by atoms with E-state index in [1.165, 1.54) is 10.4 Å². The molecule has 1 fully saturated rings. The van der Waals surface area contributed by atoms with Crippen molar-refractivity contribution in [2.45, 2.75) is 44.8 Å². The van der Waals surface area contributed by atoms with E-state index in [0.29, 0.717) is 31.7 Å². The van der Waals surface area contributed by atoms with E-state index in [1.54, 1.807) is 23.1 Å². The van der Waals surface area contributed by atoms with Gasteiger partial charge in [-0.05, 0) is 45.9 Å². The second-order valence-corrected chi connectivity index (χ2v) is 8.02. The van der Waals surface area contributed by atoms with Crippen LogP contribution >= 0.6 is 0 Å². The Balaban J connectivity index is 2.31. The molecule has 1 aromatic carbocycles. The van der Waals surface area contributed by atoms with Gasteiger partial charge in [0.1, 0.15) is 0 Å². The Morgan fingerprint density at radius 3 is 2.33 bits per heavy atom. The topological polar surface area (TPSA) is 66.9 Å². The minimum Gasteiger partial charge on any atom is -0.373 e. The molecule has 1 saturated heterocycles. The van der Waals surface area contributed by atoms with E-state index in [4.69, 9.17) is 4.74 Å². The zero-order valence-corrected chi connectivity index (χ0v) is 15.5. The van der Waals surface area contributed by atoms with Crippen LogP contribution in [0.25, 0.3) is 0 Å². The summed E-state index contributed by atoms with van der Waals surface area (Å²) in [6, 6.07) is 6.29. The molecule has 2 unspecified atom stereocenters. The maximum absolute atomic E-state index is 12.9. The summed E-state index contributed by atoms with van der Waals surface area (Å²) in [6.07, 6.45) is -0.298. The zero-order chi connectivity index (χ0) is 17.9. The van der Waals surface area contributed by atoms with Crippen molar-refractivity contribution in [3.63, 3.8) is 0 Å². The quantitative estimate of drug-likeness (QED) is 0.811. The van der Waals surface area contributed by atoms with Crippen molar-refractivity contribution in [3.8, 4) is 0 Å². The standard InChI is InChI=1S/C17H26N2O4S/c1-5-18(6-2)17(20)15-8-7-9-16(10-15)24(21,22)19-11-13(3)23-14(4)12-19/h7-10,13-14H,5-6,11-12H2,1-4H3. The highest BCUT2D eigenvalue weighted by molar-refractivity contribution is 7.89. The first-order valence-electron chi connectivity index (χ1n) is 8.34. The number of hydrogen-bond donors (Lipinski definition) is 0. The predicted octanol–water partition coefficient (Wildman–Crippen LogP) is 1.97. The maximum Gasteiger partial charge on any atom is 0.253 e. The first kappa shape index (κ1) is 18.9. The number of carbonyl (C=O) groups is 1. The molecule has 1 aliphatic heterocycles. The number of amides is 1. The first-order valence-corrected chi connectivity index (χ1v) is 9.78. The third kappa shape index (κ3) is 3.96. The summed E-state index contributed by atoms with van der Waals surface area (Å²) in [4.78, 5) is 14.3. The van der Waals surface area contributed by atoms with E-state index in [-0.39, 0.29) is 23.0 Å². The Morgan fingerprint density at radius 1 is 1.21 bits per heavy atom. The molecule has 0 radical (unpaired) electrons. The molecule has 7 heteroatoms. The molecule has 2 rings (SSSR count). The van der Waals surface area contributed by atoms with Crippen LogP contribution in [0.2, 0.25) is 0 Å². The molecule has 1 heterocycles. The molecule has 2 atom stereocenters. The molecule has 24 heavy (non-hydrogen) atoms. The average molecular weight is 354 g/mol. The smallest absolute Gasteiger partial charge is 0.253 e. The largest absolute Gasteiger partial charge is 0.373 e. The summed E-state index contributed by atoms with van der Waals surface area (Å²) in [5, 5.41) is 0. The Kier molecular flexibility index (Phi) is 6.01. The Morgan fingerprint density at radius 2 is 1.79 bits per heavy atom. The van der Waals surface area contributed by atoms with E-state index >= 15 is 0 Å². The van der Waals surface area contributed by atoms with Crippen LogP contribution in [-0.4, -0.2) is 61.9 Å². The highest BCUT2D eigenvalue weighted by Gasteiger charge is 2.32. The van der Waals surface area contributed by atoms with Crippen LogP contribution in [0.1, 0.15) is 38.1 Å². The van der Waals surface area contributed by atoms with Crippen molar-refractivity contribution in [1.29, 1.82) is 0 Å². The van der Waals surface area contributed by atoms with Gasteiger partial charge in [-0.2, -0.15) is 4.31 Å². The molecular formula is C17H26N2O4S. The summed E-state index contributed by atoms with van der Waals surface area (Å²) >= 11 is 0. The van der Waals surface area contributed by atoms with Crippen LogP contribution < -0.4 is 0 Å². The summed E-state index contributed by atoms with van der Waals surface area (Å²) in [7, 11) is -3.64. The molecule has 0 saturated carbocycles. The van der Waals surface area contributed by atoms with Gasteiger partial charge in [-0.15, -0.1) is 0 Å². The Hall–Kier alpha value is -1.44. The number of ether oxygens (including phenoxy) is 1. The van der Waals surface area contributed by atoms with Crippen molar-refractivity contribution in [2.75, 3.05) is 26.2 Å². The molecule has 1 aromatic rings. The number of benzene rings is 1. The van der Waals surface area contributed by atoms with Crippen LogP contribution in [0.3, 0.4) is 0 Å². The SMILES string of the molecule is CCN(CC)C(=O)c1cccc(S(=O)(=O)N2CC(C)OC(C)C2)c1. The average Bonchev–Trinajstić information content (AvgIpc) is 2.55. The summed E-state index contributed by atoms with van der Waals surface area (Å²) < 4.78 is 32.9. The predicted molar refractivity (Wildman–Crippen MR) is 92.5 cm³/mol. The second kappa shape index (κ2) is 7.63. The van der Waals surface area contributed by atoms with Gasteiger partial charge in [-0.1, -0.05) is 6.07 Å². The first-order chi connectivity index (χ1) is 11.3. The minimum atomic E-state index is -3.64. The van der Waals surface area contributed by atoms with Gasteiger partial charge in [0.15, 0.2) is 0 Å². The summed E-state index contributed by atoms with van der Waals surface area (Å²) in [5.74, 6) is -0.152. The second-order valence-electron chi connectivity index (χ2n) is 6.08. The van der Waals surface area contributed by atoms with Crippen LogP contribution in [0.5, 0.6) is 0 Å².